The van der Waals surface area contributed by atoms with Crippen LogP contribution < -0.4 is 9.64 Å². The van der Waals surface area contributed by atoms with E-state index in [1.807, 2.05) is 48.5 Å². The summed E-state index contributed by atoms with van der Waals surface area (Å²) >= 11 is 6.09. The van der Waals surface area contributed by atoms with Crippen LogP contribution in [0, 0.1) is 0 Å². The van der Waals surface area contributed by atoms with Crippen LogP contribution in [0.1, 0.15) is 52.5 Å². The molecule has 3 aromatic rings. The minimum absolute atomic E-state index is 0.136. The topological polar surface area (TPSA) is 88.0 Å². The summed E-state index contributed by atoms with van der Waals surface area (Å²) in [4.78, 5) is 25.8. The molecule has 2 saturated heterocycles. The summed E-state index contributed by atoms with van der Waals surface area (Å²) in [7, 11) is 0. The monoisotopic (exact) mass is 550 g/mol. The Hall–Kier alpha value is -3.20. The standard InChI is InChI=1S/C30H35ClN4O4/c31-24-11-8-22(9-12-24)27-6-3-15-35(27)30-32-21-25(29(36)37)26(33-30)13-10-23-5-1-2-7-28(23)39-18-4-14-34-16-19-38-20-17-34/h1-2,5,7-9,11-12,21,27H,3-4,6,10,13-20H2,(H,36,37). The third-order valence-electron chi connectivity index (χ3n) is 7.43. The summed E-state index contributed by atoms with van der Waals surface area (Å²) in [5.41, 5.74) is 2.88. The number of aromatic carboxylic acids is 1. The van der Waals surface area contributed by atoms with E-state index in [9.17, 15) is 9.90 Å². The first kappa shape index (κ1) is 27.4. The highest BCUT2D eigenvalue weighted by atomic mass is 35.5. The molecule has 2 aromatic carbocycles. The molecule has 9 heteroatoms. The number of para-hydroxylation sites is 1. The molecule has 0 saturated carbocycles. The second kappa shape index (κ2) is 13.2. The van der Waals surface area contributed by atoms with Crippen LogP contribution in [0.25, 0.3) is 0 Å². The van der Waals surface area contributed by atoms with Crippen molar-refractivity contribution in [2.75, 3.05) is 50.9 Å². The highest BCUT2D eigenvalue weighted by Gasteiger charge is 2.29. The second-order valence-electron chi connectivity index (χ2n) is 10.0. The molecule has 0 radical (unpaired) electrons. The van der Waals surface area contributed by atoms with Crippen molar-refractivity contribution in [1.29, 1.82) is 0 Å². The van der Waals surface area contributed by atoms with Gasteiger partial charge in [-0.15, -0.1) is 0 Å². The van der Waals surface area contributed by atoms with E-state index in [1.54, 1.807) is 0 Å². The number of carboxylic acid groups (broad SMARTS) is 1. The van der Waals surface area contributed by atoms with Gasteiger partial charge in [0.1, 0.15) is 5.75 Å². The summed E-state index contributed by atoms with van der Waals surface area (Å²) in [5, 5.41) is 10.5. The predicted molar refractivity (Wildman–Crippen MR) is 151 cm³/mol. The molecule has 0 aliphatic carbocycles. The molecular formula is C30H35ClN4O4. The first-order chi connectivity index (χ1) is 19.1. The van der Waals surface area contributed by atoms with Crippen molar-refractivity contribution in [2.24, 2.45) is 0 Å². The maximum atomic E-state index is 12.0. The summed E-state index contributed by atoms with van der Waals surface area (Å²) < 4.78 is 11.6. The predicted octanol–water partition coefficient (Wildman–Crippen LogP) is 5.06. The lowest BCUT2D eigenvalue weighted by molar-refractivity contribution is 0.0358. The molecule has 0 amide bonds. The number of nitrogens with zero attached hydrogens (tertiary/aromatic N) is 4. The van der Waals surface area contributed by atoms with E-state index in [0.29, 0.717) is 36.1 Å². The number of aromatic nitrogens is 2. The zero-order valence-corrected chi connectivity index (χ0v) is 22.9. The minimum Gasteiger partial charge on any atom is -0.493 e. The van der Waals surface area contributed by atoms with Gasteiger partial charge in [0.2, 0.25) is 5.95 Å². The van der Waals surface area contributed by atoms with Crippen molar-refractivity contribution in [3.63, 3.8) is 0 Å². The van der Waals surface area contributed by atoms with E-state index in [1.165, 1.54) is 6.20 Å². The number of hydrogen-bond donors (Lipinski definition) is 1. The molecule has 5 rings (SSSR count). The molecule has 1 aromatic heterocycles. The second-order valence-corrected chi connectivity index (χ2v) is 10.4. The number of hydrogen-bond acceptors (Lipinski definition) is 7. The summed E-state index contributed by atoms with van der Waals surface area (Å²) in [6, 6.07) is 16.0. The maximum absolute atomic E-state index is 12.0. The maximum Gasteiger partial charge on any atom is 0.339 e. The van der Waals surface area contributed by atoms with Gasteiger partial charge in [-0.2, -0.15) is 0 Å². The van der Waals surface area contributed by atoms with E-state index in [-0.39, 0.29) is 11.6 Å². The average Bonchev–Trinajstić information content (AvgIpc) is 3.45. The molecule has 1 atom stereocenters. The Balaban J connectivity index is 1.26. The molecule has 2 aliphatic heterocycles. The van der Waals surface area contributed by atoms with Crippen molar-refractivity contribution < 1.29 is 19.4 Å². The van der Waals surface area contributed by atoms with Crippen LogP contribution in [0.2, 0.25) is 5.02 Å². The van der Waals surface area contributed by atoms with Gasteiger partial charge >= 0.3 is 5.97 Å². The Bertz CT molecular complexity index is 1250. The summed E-state index contributed by atoms with van der Waals surface area (Å²) in [5.74, 6) is 0.396. The van der Waals surface area contributed by atoms with Crippen LogP contribution >= 0.6 is 11.6 Å². The van der Waals surface area contributed by atoms with Crippen molar-refractivity contribution in [3.8, 4) is 5.75 Å². The van der Waals surface area contributed by atoms with Gasteiger partial charge in [0.15, 0.2) is 0 Å². The Kier molecular flexibility index (Phi) is 9.29. The number of morpholine rings is 1. The fourth-order valence-electron chi connectivity index (χ4n) is 5.35. The highest BCUT2D eigenvalue weighted by Crippen LogP contribution is 2.35. The van der Waals surface area contributed by atoms with Crippen LogP contribution in [0.5, 0.6) is 5.75 Å². The van der Waals surface area contributed by atoms with Gasteiger partial charge in [0, 0.05) is 37.4 Å². The smallest absolute Gasteiger partial charge is 0.339 e. The Labute approximate surface area is 234 Å². The molecule has 0 spiro atoms. The molecule has 39 heavy (non-hydrogen) atoms. The van der Waals surface area contributed by atoms with Crippen LogP contribution in [-0.2, 0) is 17.6 Å². The molecule has 8 nitrogen and oxygen atoms in total. The van der Waals surface area contributed by atoms with Crippen molar-refractivity contribution in [3.05, 3.63) is 82.1 Å². The quantitative estimate of drug-likeness (QED) is 0.332. The Morgan fingerprint density at radius 2 is 1.87 bits per heavy atom. The van der Waals surface area contributed by atoms with Crippen LogP contribution in [0.3, 0.4) is 0 Å². The summed E-state index contributed by atoms with van der Waals surface area (Å²) in [6.45, 7) is 5.99. The van der Waals surface area contributed by atoms with E-state index in [0.717, 1.165) is 75.5 Å². The number of anilines is 1. The van der Waals surface area contributed by atoms with Crippen molar-refractivity contribution in [1.82, 2.24) is 14.9 Å². The minimum atomic E-state index is -1.01. The van der Waals surface area contributed by atoms with E-state index in [2.05, 4.69) is 14.8 Å². The zero-order chi connectivity index (χ0) is 27.0. The first-order valence-corrected chi connectivity index (χ1v) is 14.1. The van der Waals surface area contributed by atoms with Crippen molar-refractivity contribution in [2.45, 2.75) is 38.1 Å². The van der Waals surface area contributed by atoms with Gasteiger partial charge in [0.25, 0.3) is 0 Å². The van der Waals surface area contributed by atoms with Gasteiger partial charge in [-0.1, -0.05) is 41.9 Å². The molecule has 2 fully saturated rings. The lowest BCUT2D eigenvalue weighted by Crippen LogP contribution is -2.37. The van der Waals surface area contributed by atoms with Gasteiger partial charge < -0.3 is 19.5 Å². The molecule has 1 N–H and O–H groups in total. The molecule has 1 unspecified atom stereocenters. The van der Waals surface area contributed by atoms with Gasteiger partial charge in [-0.25, -0.2) is 14.8 Å². The number of rotatable bonds is 11. The van der Waals surface area contributed by atoms with Crippen LogP contribution in [0.4, 0.5) is 5.95 Å². The first-order valence-electron chi connectivity index (χ1n) is 13.7. The third kappa shape index (κ3) is 7.06. The number of benzene rings is 2. The van der Waals surface area contributed by atoms with E-state index in [4.69, 9.17) is 26.1 Å². The third-order valence-corrected chi connectivity index (χ3v) is 7.69. The highest BCUT2D eigenvalue weighted by molar-refractivity contribution is 6.30. The Morgan fingerprint density at radius 1 is 1.08 bits per heavy atom. The molecule has 2 aliphatic rings. The fraction of sp³-hybridized carbons (Fsp3) is 0.433. The number of carbonyl (C=O) groups is 1. The zero-order valence-electron chi connectivity index (χ0n) is 22.1. The number of ether oxygens (including phenoxy) is 2. The van der Waals surface area contributed by atoms with Gasteiger partial charge in [-0.3, -0.25) is 4.90 Å². The average molecular weight is 551 g/mol. The van der Waals surface area contributed by atoms with Crippen molar-refractivity contribution >= 4 is 23.5 Å². The number of halogens is 1. The summed E-state index contributed by atoms with van der Waals surface area (Å²) in [6.07, 6.45) is 5.49. The SMILES string of the molecule is O=C(O)c1cnc(N2CCCC2c2ccc(Cl)cc2)nc1CCc1ccccc1OCCCN1CCOCC1. The normalized spacial score (nSPS) is 17.9. The molecular weight excluding hydrogens is 516 g/mol. The van der Waals surface area contributed by atoms with Crippen LogP contribution in [0.15, 0.2) is 54.7 Å². The molecule has 0 bridgehead atoms. The lowest BCUT2D eigenvalue weighted by Gasteiger charge is -2.26. The van der Waals surface area contributed by atoms with Crippen LogP contribution in [-0.4, -0.2) is 71.9 Å². The van der Waals surface area contributed by atoms with E-state index >= 15 is 0 Å². The van der Waals surface area contributed by atoms with Gasteiger partial charge in [-0.05, 0) is 61.4 Å². The van der Waals surface area contributed by atoms with E-state index < -0.39 is 5.97 Å². The molecule has 206 valence electrons. The largest absolute Gasteiger partial charge is 0.493 e. The Morgan fingerprint density at radius 3 is 2.67 bits per heavy atom. The fourth-order valence-corrected chi connectivity index (χ4v) is 5.48. The van der Waals surface area contributed by atoms with Gasteiger partial charge in [0.05, 0.1) is 37.1 Å². The lowest BCUT2D eigenvalue weighted by atomic mass is 10.0. The number of aryl methyl sites for hydroxylation is 2. The number of carboxylic acids is 1. The molecule has 3 heterocycles.